The highest BCUT2D eigenvalue weighted by Crippen LogP contribution is 2.23. The number of nitrogens with one attached hydrogen (secondary N) is 2. The summed E-state index contributed by atoms with van der Waals surface area (Å²) in [7, 11) is 0. The molecule has 0 aliphatic carbocycles. The van der Waals surface area contributed by atoms with Crippen LogP contribution < -0.4 is 10.6 Å². The molecule has 1 heterocycles. The van der Waals surface area contributed by atoms with E-state index in [1.54, 1.807) is 18.2 Å². The van der Waals surface area contributed by atoms with Gasteiger partial charge >= 0.3 is 0 Å². The lowest BCUT2D eigenvalue weighted by Gasteiger charge is -2.14. The van der Waals surface area contributed by atoms with Crippen molar-refractivity contribution in [2.75, 3.05) is 10.6 Å². The smallest absolute Gasteiger partial charge is 0.275 e. The molecule has 0 fully saturated rings. The van der Waals surface area contributed by atoms with Crippen molar-refractivity contribution in [3.63, 3.8) is 0 Å². The summed E-state index contributed by atoms with van der Waals surface area (Å²) in [6, 6.07) is 12.6. The molecule has 144 valence electrons. The molecule has 5 nitrogen and oxygen atoms in total. The number of carbonyl (C=O) groups is 1. The summed E-state index contributed by atoms with van der Waals surface area (Å²) >= 11 is 0. The van der Waals surface area contributed by atoms with Gasteiger partial charge in [-0.05, 0) is 30.0 Å². The summed E-state index contributed by atoms with van der Waals surface area (Å²) < 4.78 is 13.7. The lowest BCUT2D eigenvalue weighted by molar-refractivity contribution is 0.102. The fourth-order valence-electron chi connectivity index (χ4n) is 2.94. The van der Waals surface area contributed by atoms with Gasteiger partial charge in [0.15, 0.2) is 0 Å². The van der Waals surface area contributed by atoms with Gasteiger partial charge < -0.3 is 10.6 Å². The number of halogens is 1. The summed E-state index contributed by atoms with van der Waals surface area (Å²) in [5.74, 6) is -0.105. The minimum atomic E-state index is -0.302. The molecule has 0 unspecified atom stereocenters. The van der Waals surface area contributed by atoms with Crippen LogP contribution in [-0.2, 0) is 19.4 Å². The van der Waals surface area contributed by atoms with Crippen LogP contribution in [0.5, 0.6) is 0 Å². The van der Waals surface area contributed by atoms with Crippen LogP contribution in [0.3, 0.4) is 0 Å². The van der Waals surface area contributed by atoms with Gasteiger partial charge in [0.25, 0.3) is 5.91 Å². The molecule has 0 radical (unpaired) electrons. The van der Waals surface area contributed by atoms with Crippen LogP contribution in [-0.4, -0.2) is 15.9 Å². The topological polar surface area (TPSA) is 66.9 Å². The first-order chi connectivity index (χ1) is 13.6. The van der Waals surface area contributed by atoms with Gasteiger partial charge in [-0.3, -0.25) is 4.79 Å². The molecular weight excluding hydrogens is 355 g/mol. The second-order valence-electron chi connectivity index (χ2n) is 6.34. The van der Waals surface area contributed by atoms with Crippen LogP contribution in [0.2, 0.25) is 0 Å². The number of nitrogens with zero attached hydrogens (tertiary/aromatic N) is 2. The summed E-state index contributed by atoms with van der Waals surface area (Å²) in [6.45, 7) is 4.40. The number of aromatic nitrogens is 2. The van der Waals surface area contributed by atoms with E-state index in [0.717, 1.165) is 29.7 Å². The number of para-hydroxylation sites is 1. The largest absolute Gasteiger partial charge is 0.365 e. The monoisotopic (exact) mass is 378 g/mol. The average molecular weight is 378 g/mol. The van der Waals surface area contributed by atoms with Crippen molar-refractivity contribution in [2.45, 2.75) is 33.2 Å². The summed E-state index contributed by atoms with van der Waals surface area (Å²) in [4.78, 5) is 21.0. The number of hydrogen-bond donors (Lipinski definition) is 2. The summed E-state index contributed by atoms with van der Waals surface area (Å²) in [5.41, 5.74) is 3.78. The van der Waals surface area contributed by atoms with E-state index in [2.05, 4.69) is 34.4 Å². The molecule has 0 aliphatic heterocycles. The van der Waals surface area contributed by atoms with Gasteiger partial charge in [0.05, 0.1) is 12.4 Å². The molecule has 0 saturated heterocycles. The van der Waals surface area contributed by atoms with E-state index < -0.39 is 0 Å². The molecule has 0 bridgehead atoms. The lowest BCUT2D eigenvalue weighted by atomic mass is 10.0. The lowest BCUT2D eigenvalue weighted by Crippen LogP contribution is -2.17. The number of anilines is 2. The number of aryl methyl sites for hydroxylation is 2. The van der Waals surface area contributed by atoms with E-state index in [4.69, 9.17) is 0 Å². The Labute approximate surface area is 164 Å². The van der Waals surface area contributed by atoms with Gasteiger partial charge in [-0.1, -0.05) is 50.2 Å². The summed E-state index contributed by atoms with van der Waals surface area (Å²) in [6.07, 6.45) is 4.55. The fourth-order valence-corrected chi connectivity index (χ4v) is 2.94. The number of amides is 1. The maximum Gasteiger partial charge on any atom is 0.275 e. The molecule has 0 saturated carbocycles. The zero-order valence-corrected chi connectivity index (χ0v) is 16.0. The Balaban J connectivity index is 1.68. The molecule has 3 aromatic rings. The van der Waals surface area contributed by atoms with Crippen LogP contribution in [0.4, 0.5) is 15.9 Å². The predicted molar refractivity (Wildman–Crippen MR) is 109 cm³/mol. The van der Waals surface area contributed by atoms with Gasteiger partial charge in [0.1, 0.15) is 17.3 Å². The van der Waals surface area contributed by atoms with Crippen molar-refractivity contribution in [1.29, 1.82) is 0 Å². The maximum absolute atomic E-state index is 13.7. The summed E-state index contributed by atoms with van der Waals surface area (Å²) in [5, 5.41) is 5.98. The third kappa shape index (κ3) is 4.52. The Bertz CT molecular complexity index is 935. The van der Waals surface area contributed by atoms with Crippen molar-refractivity contribution in [2.24, 2.45) is 0 Å². The second-order valence-corrected chi connectivity index (χ2v) is 6.34. The van der Waals surface area contributed by atoms with E-state index in [1.807, 2.05) is 18.2 Å². The third-order valence-corrected chi connectivity index (χ3v) is 4.54. The first kappa shape index (κ1) is 19.5. The quantitative estimate of drug-likeness (QED) is 0.630. The SMILES string of the molecule is CCc1cccc(CC)c1NC(=O)c1cnc(NCc2ccccc2F)cn1. The molecule has 3 rings (SSSR count). The third-order valence-electron chi connectivity index (χ3n) is 4.54. The minimum absolute atomic E-state index is 0.226. The van der Waals surface area contributed by atoms with Crippen LogP contribution >= 0.6 is 0 Å². The van der Waals surface area contributed by atoms with E-state index in [0.29, 0.717) is 11.4 Å². The van der Waals surface area contributed by atoms with Crippen molar-refractivity contribution in [3.8, 4) is 0 Å². The number of carbonyl (C=O) groups excluding carboxylic acids is 1. The first-order valence-electron chi connectivity index (χ1n) is 9.33. The highest BCUT2D eigenvalue weighted by Gasteiger charge is 2.13. The molecule has 6 heteroatoms. The number of hydrogen-bond acceptors (Lipinski definition) is 4. The van der Waals surface area contributed by atoms with Gasteiger partial charge in [0, 0.05) is 17.8 Å². The van der Waals surface area contributed by atoms with E-state index >= 15 is 0 Å². The molecule has 0 aliphatic rings. The van der Waals surface area contributed by atoms with Gasteiger partial charge in [-0.15, -0.1) is 0 Å². The highest BCUT2D eigenvalue weighted by molar-refractivity contribution is 6.03. The van der Waals surface area contributed by atoms with Gasteiger partial charge in [-0.2, -0.15) is 0 Å². The number of rotatable bonds is 7. The molecule has 2 aromatic carbocycles. The average Bonchev–Trinajstić information content (AvgIpc) is 2.73. The highest BCUT2D eigenvalue weighted by atomic mass is 19.1. The van der Waals surface area contributed by atoms with Crippen molar-refractivity contribution in [1.82, 2.24) is 9.97 Å². The Morgan fingerprint density at radius 3 is 2.21 bits per heavy atom. The standard InChI is InChI=1S/C22H23FN4O/c1-3-15-9-7-10-16(4-2)21(15)27-22(28)19-13-26-20(14-24-19)25-12-17-8-5-6-11-18(17)23/h5-11,13-14H,3-4,12H2,1-2H3,(H,25,26)(H,27,28). The molecule has 1 amide bonds. The second kappa shape index (κ2) is 9.08. The van der Waals surface area contributed by atoms with Crippen LogP contribution in [0.1, 0.15) is 41.0 Å². The first-order valence-corrected chi connectivity index (χ1v) is 9.33. The molecular formula is C22H23FN4O. The molecule has 28 heavy (non-hydrogen) atoms. The fraction of sp³-hybridized carbons (Fsp3) is 0.227. The van der Waals surface area contributed by atoms with E-state index in [-0.39, 0.29) is 24.0 Å². The van der Waals surface area contributed by atoms with Gasteiger partial charge in [-0.25, -0.2) is 14.4 Å². The Hall–Kier alpha value is -3.28. The van der Waals surface area contributed by atoms with E-state index in [1.165, 1.54) is 18.5 Å². The Morgan fingerprint density at radius 2 is 1.61 bits per heavy atom. The maximum atomic E-state index is 13.7. The van der Waals surface area contributed by atoms with Crippen molar-refractivity contribution >= 4 is 17.4 Å². The molecule has 2 N–H and O–H groups in total. The van der Waals surface area contributed by atoms with Crippen LogP contribution in [0, 0.1) is 5.82 Å². The van der Waals surface area contributed by atoms with Crippen LogP contribution in [0.15, 0.2) is 54.9 Å². The van der Waals surface area contributed by atoms with Crippen molar-refractivity contribution in [3.05, 3.63) is 83.1 Å². The van der Waals surface area contributed by atoms with Crippen molar-refractivity contribution < 1.29 is 9.18 Å². The predicted octanol–water partition coefficient (Wildman–Crippen LogP) is 4.60. The zero-order chi connectivity index (χ0) is 19.9. The molecule has 0 spiro atoms. The Kier molecular flexibility index (Phi) is 6.32. The number of benzene rings is 2. The van der Waals surface area contributed by atoms with E-state index in [9.17, 15) is 9.18 Å². The molecule has 1 aromatic heterocycles. The zero-order valence-electron chi connectivity index (χ0n) is 16.0. The van der Waals surface area contributed by atoms with Crippen LogP contribution in [0.25, 0.3) is 0 Å². The molecule has 0 atom stereocenters. The Morgan fingerprint density at radius 1 is 0.929 bits per heavy atom. The normalized spacial score (nSPS) is 10.5. The van der Waals surface area contributed by atoms with Gasteiger partial charge in [0.2, 0.25) is 0 Å². The minimum Gasteiger partial charge on any atom is -0.365 e.